The van der Waals surface area contributed by atoms with E-state index in [1.54, 1.807) is 24.3 Å². The second-order valence-corrected chi connectivity index (χ2v) is 18.0. The third kappa shape index (κ3) is 7.69. The Balaban J connectivity index is 1.14. The highest BCUT2D eigenvalue weighted by atomic mass is 19.1. The molecule has 0 aromatic heterocycles. The molecular formula is C66H42F2N4. The first kappa shape index (κ1) is 43.6. The van der Waals surface area contributed by atoms with Gasteiger partial charge in [-0.25, -0.2) is 8.78 Å². The lowest BCUT2D eigenvalue weighted by Crippen LogP contribution is -2.15. The lowest BCUT2D eigenvalue weighted by atomic mass is 9.89. The van der Waals surface area contributed by atoms with Crippen LogP contribution in [0.1, 0.15) is 29.5 Å². The molecule has 12 rings (SSSR count). The molecule has 0 amide bonds. The molecule has 0 saturated heterocycles. The first-order chi connectivity index (χ1) is 35.4. The van der Waals surface area contributed by atoms with E-state index in [0.717, 1.165) is 101 Å². The molecule has 0 N–H and O–H groups in total. The zero-order valence-corrected chi connectivity index (χ0v) is 38.9. The van der Waals surface area contributed by atoms with Crippen molar-refractivity contribution in [1.29, 1.82) is 10.5 Å². The van der Waals surface area contributed by atoms with Gasteiger partial charge in [-0.05, 0) is 153 Å². The average Bonchev–Trinajstić information content (AvgIpc) is 3.45. The van der Waals surface area contributed by atoms with Gasteiger partial charge in [0.2, 0.25) is 0 Å². The summed E-state index contributed by atoms with van der Waals surface area (Å²) >= 11 is 0. The van der Waals surface area contributed by atoms with Crippen molar-refractivity contribution >= 4 is 72.0 Å². The van der Waals surface area contributed by atoms with Gasteiger partial charge in [-0.15, -0.1) is 0 Å². The number of benzene rings is 11. The molecule has 0 fully saturated rings. The summed E-state index contributed by atoms with van der Waals surface area (Å²) in [5.41, 5.74) is 12.8. The highest BCUT2D eigenvalue weighted by Gasteiger charge is 2.28. The standard InChI is InChI=1S/C66H42F2N4/c67-53-25-29-55(30-26-53)71(65-51(41-69)37-49(43-13-5-1-6-14-43)39-59(65)45-17-9-3-10-18-45)61-35-23-47-22-34-58-62(36-24-48-21-33-57(61)63(47)64(48)58)72(56-31-27-54(68)28-32-56)66-52(42-70)38-50(44-15-7-2-8-16-44)40-60(66)46-19-11-4-12-20-46/h1-7,9-15,17-40H,8,16H2. The van der Waals surface area contributed by atoms with Crippen molar-refractivity contribution in [2.45, 2.75) is 12.8 Å². The predicted molar refractivity (Wildman–Crippen MR) is 292 cm³/mol. The average molecular weight is 929 g/mol. The van der Waals surface area contributed by atoms with Crippen molar-refractivity contribution in [2.75, 3.05) is 9.80 Å². The van der Waals surface area contributed by atoms with Gasteiger partial charge in [-0.3, -0.25) is 0 Å². The monoisotopic (exact) mass is 928 g/mol. The van der Waals surface area contributed by atoms with Gasteiger partial charge in [0.25, 0.3) is 0 Å². The molecule has 0 atom stereocenters. The zero-order chi connectivity index (χ0) is 48.7. The Morgan fingerprint density at radius 2 is 0.847 bits per heavy atom. The van der Waals surface area contributed by atoms with Crippen molar-refractivity contribution in [2.24, 2.45) is 0 Å². The second-order valence-electron chi connectivity index (χ2n) is 18.0. The number of nitriles is 2. The van der Waals surface area contributed by atoms with Crippen LogP contribution >= 0.6 is 0 Å². The minimum absolute atomic E-state index is 0.367. The molecule has 72 heavy (non-hydrogen) atoms. The molecule has 0 unspecified atom stereocenters. The van der Waals surface area contributed by atoms with Crippen LogP contribution in [-0.2, 0) is 0 Å². The van der Waals surface area contributed by atoms with E-state index in [9.17, 15) is 19.3 Å². The van der Waals surface area contributed by atoms with E-state index in [1.165, 1.54) is 24.3 Å². The summed E-state index contributed by atoms with van der Waals surface area (Å²) in [6.45, 7) is 0. The molecule has 0 bridgehead atoms. The van der Waals surface area contributed by atoms with Crippen LogP contribution in [0, 0.1) is 34.3 Å². The van der Waals surface area contributed by atoms with Crippen LogP contribution in [0.5, 0.6) is 0 Å². The lowest BCUT2D eigenvalue weighted by molar-refractivity contribution is 0.627. The summed E-state index contributed by atoms with van der Waals surface area (Å²) in [6.07, 6.45) is 8.13. The van der Waals surface area contributed by atoms with Gasteiger partial charge in [-0.1, -0.05) is 146 Å². The van der Waals surface area contributed by atoms with Gasteiger partial charge in [0.1, 0.15) is 23.8 Å². The highest BCUT2D eigenvalue weighted by molar-refractivity contribution is 6.28. The van der Waals surface area contributed by atoms with Crippen molar-refractivity contribution in [3.05, 3.63) is 259 Å². The summed E-state index contributed by atoms with van der Waals surface area (Å²) in [6, 6.07) is 73.5. The molecule has 11 aromatic carbocycles. The molecule has 0 aliphatic heterocycles. The summed E-state index contributed by atoms with van der Waals surface area (Å²) in [4.78, 5) is 4.20. The van der Waals surface area contributed by atoms with E-state index in [2.05, 4.69) is 125 Å². The Morgan fingerprint density at radius 1 is 0.417 bits per heavy atom. The van der Waals surface area contributed by atoms with E-state index in [1.807, 2.05) is 78.9 Å². The van der Waals surface area contributed by atoms with Crippen molar-refractivity contribution in [3.8, 4) is 45.5 Å². The zero-order valence-electron chi connectivity index (χ0n) is 38.9. The van der Waals surface area contributed by atoms with Crippen molar-refractivity contribution in [1.82, 2.24) is 0 Å². The van der Waals surface area contributed by atoms with E-state index < -0.39 is 0 Å². The lowest BCUT2D eigenvalue weighted by Gasteiger charge is -2.32. The van der Waals surface area contributed by atoms with E-state index in [0.29, 0.717) is 33.9 Å². The number of nitrogens with zero attached hydrogens (tertiary/aromatic N) is 4. The number of hydrogen-bond acceptors (Lipinski definition) is 4. The molecule has 0 heterocycles. The molecule has 6 heteroatoms. The molecule has 340 valence electrons. The third-order valence-electron chi connectivity index (χ3n) is 13.8. The minimum Gasteiger partial charge on any atom is -0.308 e. The van der Waals surface area contributed by atoms with Gasteiger partial charge in [0.15, 0.2) is 0 Å². The maximum Gasteiger partial charge on any atom is 0.123 e. The fourth-order valence-electron chi connectivity index (χ4n) is 10.5. The molecule has 1 aliphatic carbocycles. The molecule has 11 aromatic rings. The summed E-state index contributed by atoms with van der Waals surface area (Å²) in [7, 11) is 0. The van der Waals surface area contributed by atoms with Crippen LogP contribution in [0.2, 0.25) is 0 Å². The number of halogens is 2. The Labute approximate surface area is 416 Å². The highest BCUT2D eigenvalue weighted by Crippen LogP contribution is 2.52. The SMILES string of the molecule is N#Cc1cc(C2=CC=CCC2)cc(-c2ccccc2)c1N(c1ccc(F)cc1)c1ccc2ccc3c(N(c4ccc(F)cc4)c4c(C#N)cc(-c5ccccc5)cc4-c4ccccc4)ccc4ccc1c2c43. The number of hydrogen-bond donors (Lipinski definition) is 0. The van der Waals surface area contributed by atoms with Crippen LogP contribution in [0.4, 0.5) is 42.9 Å². The van der Waals surface area contributed by atoms with Gasteiger partial charge in [-0.2, -0.15) is 10.5 Å². The summed E-state index contributed by atoms with van der Waals surface area (Å²) in [5.74, 6) is -0.739. The molecule has 0 saturated carbocycles. The fourth-order valence-corrected chi connectivity index (χ4v) is 10.5. The van der Waals surface area contributed by atoms with Gasteiger partial charge in [0.05, 0.1) is 33.9 Å². The summed E-state index contributed by atoms with van der Waals surface area (Å²) < 4.78 is 29.9. The Morgan fingerprint density at radius 3 is 1.29 bits per heavy atom. The Hall–Kier alpha value is -9.62. The summed E-state index contributed by atoms with van der Waals surface area (Å²) in [5, 5.41) is 28.2. The van der Waals surface area contributed by atoms with E-state index in [4.69, 9.17) is 0 Å². The van der Waals surface area contributed by atoms with E-state index in [-0.39, 0.29) is 11.6 Å². The number of rotatable bonds is 10. The largest absolute Gasteiger partial charge is 0.308 e. The fraction of sp³-hybridized carbons (Fsp3) is 0.0303. The maximum absolute atomic E-state index is 14.9. The van der Waals surface area contributed by atoms with Gasteiger partial charge in [0, 0.05) is 33.3 Å². The van der Waals surface area contributed by atoms with E-state index >= 15 is 0 Å². The number of anilines is 6. The topological polar surface area (TPSA) is 54.1 Å². The smallest absolute Gasteiger partial charge is 0.123 e. The van der Waals surface area contributed by atoms with Crippen molar-refractivity contribution < 1.29 is 8.78 Å². The normalized spacial score (nSPS) is 12.2. The van der Waals surface area contributed by atoms with Crippen LogP contribution in [0.15, 0.2) is 231 Å². The molecule has 0 radical (unpaired) electrons. The molecule has 4 nitrogen and oxygen atoms in total. The quantitative estimate of drug-likeness (QED) is 0.128. The first-order valence-corrected chi connectivity index (χ1v) is 24.0. The van der Waals surface area contributed by atoms with Crippen LogP contribution < -0.4 is 9.80 Å². The molecule has 0 spiro atoms. The van der Waals surface area contributed by atoms with Crippen molar-refractivity contribution in [3.63, 3.8) is 0 Å². The third-order valence-corrected chi connectivity index (χ3v) is 13.8. The van der Waals surface area contributed by atoms with Crippen LogP contribution in [-0.4, -0.2) is 0 Å². The minimum atomic E-state index is -0.372. The molecular weight excluding hydrogens is 887 g/mol. The second kappa shape index (κ2) is 18.4. The van der Waals surface area contributed by atoms with Crippen LogP contribution in [0.3, 0.4) is 0 Å². The number of allylic oxidation sites excluding steroid dienone is 4. The van der Waals surface area contributed by atoms with Crippen LogP contribution in [0.25, 0.3) is 71.3 Å². The predicted octanol–water partition coefficient (Wildman–Crippen LogP) is 18.3. The molecule has 1 aliphatic rings. The Bertz CT molecular complexity index is 4000. The Kier molecular flexibility index (Phi) is 11.1. The first-order valence-electron chi connectivity index (χ1n) is 24.0. The van der Waals surface area contributed by atoms with Gasteiger partial charge < -0.3 is 9.80 Å². The maximum atomic E-state index is 14.9. The van der Waals surface area contributed by atoms with Gasteiger partial charge >= 0.3 is 0 Å².